The molecule has 2 N–H and O–H groups in total. The molecule has 8 nitrogen and oxygen atoms in total. The van der Waals surface area contributed by atoms with Gasteiger partial charge in [-0.05, 0) is 24.3 Å². The lowest BCUT2D eigenvalue weighted by Crippen LogP contribution is -2.29. The topological polar surface area (TPSA) is 96.3 Å². The summed E-state index contributed by atoms with van der Waals surface area (Å²) in [5.41, 5.74) is -0.0190. The Labute approximate surface area is 176 Å². The van der Waals surface area contributed by atoms with Gasteiger partial charge in [0.1, 0.15) is 5.82 Å². The predicted molar refractivity (Wildman–Crippen MR) is 113 cm³/mol. The van der Waals surface area contributed by atoms with Crippen molar-refractivity contribution in [1.82, 2.24) is 13.9 Å². The molecule has 0 radical (unpaired) electrons. The molecule has 0 saturated carbocycles. The number of nitrogens with zero attached hydrogens (tertiary/aromatic N) is 3. The fourth-order valence-electron chi connectivity index (χ4n) is 2.46. The van der Waals surface area contributed by atoms with Crippen molar-refractivity contribution in [3.05, 3.63) is 56.8 Å². The van der Waals surface area contributed by atoms with E-state index in [4.69, 9.17) is 23.2 Å². The molecule has 0 aliphatic carbocycles. The molecule has 2 aromatic carbocycles. The van der Waals surface area contributed by atoms with E-state index in [1.54, 1.807) is 6.07 Å². The molecular weight excluding hydrogens is 444 g/mol. The van der Waals surface area contributed by atoms with E-state index in [-0.39, 0.29) is 38.1 Å². The van der Waals surface area contributed by atoms with Gasteiger partial charge in [-0.1, -0.05) is 23.2 Å². The van der Waals surface area contributed by atoms with Gasteiger partial charge in [-0.2, -0.15) is 12.7 Å². The second-order valence-corrected chi connectivity index (χ2v) is 8.92. The van der Waals surface area contributed by atoms with Crippen LogP contribution in [0.3, 0.4) is 0 Å². The molecule has 12 heteroatoms. The van der Waals surface area contributed by atoms with Crippen LogP contribution in [-0.4, -0.2) is 36.4 Å². The molecule has 3 aromatic rings. The number of nitrogens with one attached hydrogen (secondary N) is 2. The van der Waals surface area contributed by atoms with Crippen molar-refractivity contribution in [2.75, 3.05) is 24.1 Å². The Morgan fingerprint density at radius 3 is 2.41 bits per heavy atom. The molecule has 0 amide bonds. The van der Waals surface area contributed by atoms with Crippen LogP contribution in [0.15, 0.2) is 35.4 Å². The van der Waals surface area contributed by atoms with E-state index in [2.05, 4.69) is 15.0 Å². The van der Waals surface area contributed by atoms with Crippen LogP contribution in [0.5, 0.6) is 0 Å². The van der Waals surface area contributed by atoms with Crippen LogP contribution in [0.25, 0.3) is 10.9 Å². The number of halogens is 3. The Balaban J connectivity index is 2.09. The lowest BCUT2D eigenvalue weighted by Gasteiger charge is -2.17. The van der Waals surface area contributed by atoms with E-state index in [1.807, 2.05) is 0 Å². The highest BCUT2D eigenvalue weighted by Crippen LogP contribution is 2.38. The summed E-state index contributed by atoms with van der Waals surface area (Å²) in [6.07, 6.45) is 1.37. The molecule has 0 fully saturated rings. The van der Waals surface area contributed by atoms with Gasteiger partial charge >= 0.3 is 10.2 Å². The maximum atomic E-state index is 14.4. The number of aromatic nitrogens is 2. The molecule has 0 bridgehead atoms. The van der Waals surface area contributed by atoms with Gasteiger partial charge < -0.3 is 9.88 Å². The quantitative estimate of drug-likeness (QED) is 0.609. The van der Waals surface area contributed by atoms with Gasteiger partial charge in [0.05, 0.1) is 44.3 Å². The summed E-state index contributed by atoms with van der Waals surface area (Å²) in [5, 5.41) is 2.73. The third-order valence-electron chi connectivity index (χ3n) is 4.09. The van der Waals surface area contributed by atoms with Crippen molar-refractivity contribution in [2.45, 2.75) is 0 Å². The third-order valence-corrected chi connectivity index (χ3v) is 6.32. The summed E-state index contributed by atoms with van der Waals surface area (Å²) in [7, 11) is 0.348. The molecular formula is C17H16Cl2FN5O3S. The summed E-state index contributed by atoms with van der Waals surface area (Å²) in [5.74, 6) is -0.738. The maximum Gasteiger partial charge on any atom is 0.301 e. The van der Waals surface area contributed by atoms with Crippen LogP contribution in [0.1, 0.15) is 0 Å². The summed E-state index contributed by atoms with van der Waals surface area (Å²) in [6.45, 7) is 0. The second-order valence-electron chi connectivity index (χ2n) is 6.28. The van der Waals surface area contributed by atoms with Crippen LogP contribution in [0, 0.1) is 5.82 Å². The largest absolute Gasteiger partial charge is 0.351 e. The number of rotatable bonds is 5. The molecule has 0 spiro atoms. The first-order valence-electron chi connectivity index (χ1n) is 8.12. The Hall–Kier alpha value is -2.40. The zero-order chi connectivity index (χ0) is 21.5. The number of benzene rings is 2. The summed E-state index contributed by atoms with van der Waals surface area (Å²) in [6, 6.07) is 5.32. The summed E-state index contributed by atoms with van der Waals surface area (Å²) in [4.78, 5) is 16.5. The molecule has 0 atom stereocenters. The van der Waals surface area contributed by atoms with Crippen LogP contribution in [0.2, 0.25) is 10.0 Å². The average molecular weight is 460 g/mol. The van der Waals surface area contributed by atoms with E-state index < -0.39 is 16.0 Å². The molecule has 0 saturated heterocycles. The van der Waals surface area contributed by atoms with Crippen molar-refractivity contribution in [3.8, 4) is 0 Å². The van der Waals surface area contributed by atoms with Crippen molar-refractivity contribution in [3.63, 3.8) is 0 Å². The highest BCUT2D eigenvalue weighted by Gasteiger charge is 2.20. The Morgan fingerprint density at radius 1 is 1.10 bits per heavy atom. The van der Waals surface area contributed by atoms with Gasteiger partial charge in [-0.3, -0.25) is 9.52 Å². The average Bonchev–Trinajstić information content (AvgIpc) is 2.65. The van der Waals surface area contributed by atoms with E-state index in [0.29, 0.717) is 5.52 Å². The van der Waals surface area contributed by atoms with E-state index in [9.17, 15) is 17.6 Å². The minimum Gasteiger partial charge on any atom is -0.351 e. The zero-order valence-corrected chi connectivity index (χ0v) is 17.8. The lowest BCUT2D eigenvalue weighted by atomic mass is 10.2. The zero-order valence-electron chi connectivity index (χ0n) is 15.5. The Morgan fingerprint density at radius 2 is 1.76 bits per heavy atom. The van der Waals surface area contributed by atoms with Crippen LogP contribution in [0.4, 0.5) is 21.5 Å². The molecule has 0 aliphatic rings. The van der Waals surface area contributed by atoms with E-state index in [0.717, 1.165) is 10.4 Å². The van der Waals surface area contributed by atoms with Crippen molar-refractivity contribution in [2.24, 2.45) is 7.05 Å². The molecule has 154 valence electrons. The number of aryl methyl sites for hydroxylation is 1. The number of anilines is 3. The maximum absolute atomic E-state index is 14.4. The SMILES string of the molecule is CN(C)S(=O)(=O)Nc1ccc(F)c(Nc2ccc3ncn(C)c(=O)c3c2Cl)c1Cl. The van der Waals surface area contributed by atoms with Gasteiger partial charge in [0.2, 0.25) is 0 Å². The molecule has 0 aliphatic heterocycles. The monoisotopic (exact) mass is 459 g/mol. The van der Waals surface area contributed by atoms with E-state index in [1.165, 1.54) is 44.2 Å². The van der Waals surface area contributed by atoms with Crippen LogP contribution in [-0.2, 0) is 17.3 Å². The first-order valence-corrected chi connectivity index (χ1v) is 10.3. The molecule has 1 heterocycles. The Bertz CT molecular complexity index is 1280. The third kappa shape index (κ3) is 4.01. The minimum atomic E-state index is -3.85. The molecule has 3 rings (SSSR count). The first-order chi connectivity index (χ1) is 13.5. The highest BCUT2D eigenvalue weighted by atomic mass is 35.5. The van der Waals surface area contributed by atoms with Crippen LogP contribution < -0.4 is 15.6 Å². The molecule has 29 heavy (non-hydrogen) atoms. The van der Waals surface area contributed by atoms with Crippen LogP contribution >= 0.6 is 23.2 Å². The van der Waals surface area contributed by atoms with Gasteiger partial charge in [0.15, 0.2) is 0 Å². The highest BCUT2D eigenvalue weighted by molar-refractivity contribution is 7.90. The number of hydrogen-bond acceptors (Lipinski definition) is 5. The smallest absolute Gasteiger partial charge is 0.301 e. The molecule has 1 aromatic heterocycles. The summed E-state index contributed by atoms with van der Waals surface area (Å²) < 4.78 is 43.0. The van der Waals surface area contributed by atoms with Crippen molar-refractivity contribution >= 4 is 61.4 Å². The molecule has 0 unspecified atom stereocenters. The van der Waals surface area contributed by atoms with Crippen molar-refractivity contribution < 1.29 is 12.8 Å². The number of fused-ring (bicyclic) bond motifs is 1. The lowest BCUT2D eigenvalue weighted by molar-refractivity contribution is 0.527. The van der Waals surface area contributed by atoms with Gasteiger partial charge in [-0.25, -0.2) is 9.37 Å². The Kier molecular flexibility index (Phi) is 5.72. The fourth-order valence-corrected chi connectivity index (χ4v) is 3.68. The van der Waals surface area contributed by atoms with Gasteiger partial charge in [0, 0.05) is 21.1 Å². The summed E-state index contributed by atoms with van der Waals surface area (Å²) >= 11 is 12.6. The minimum absolute atomic E-state index is 0.0289. The standard InChI is InChI=1S/C17H16Cl2FN5O3S/c1-24(2)29(27,28)23-12-5-4-9(20)16(15(12)19)22-11-7-6-10-13(14(11)18)17(26)25(3)8-21-10/h4-8,22-23H,1-3H3. The number of hydrogen-bond donors (Lipinski definition) is 2. The fraction of sp³-hybridized carbons (Fsp3) is 0.176. The second kappa shape index (κ2) is 7.79. The van der Waals surface area contributed by atoms with Gasteiger partial charge in [0.25, 0.3) is 5.56 Å². The van der Waals surface area contributed by atoms with E-state index >= 15 is 0 Å². The van der Waals surface area contributed by atoms with Gasteiger partial charge in [-0.15, -0.1) is 0 Å². The first kappa shape index (κ1) is 21.3. The predicted octanol–water partition coefficient (Wildman–Crippen LogP) is 3.34. The normalized spacial score (nSPS) is 11.8. The van der Waals surface area contributed by atoms with Crippen molar-refractivity contribution in [1.29, 1.82) is 0 Å².